The maximum absolute atomic E-state index is 4.10. The van der Waals surface area contributed by atoms with Gasteiger partial charge in [-0.3, -0.25) is 0 Å². The van der Waals surface area contributed by atoms with Crippen molar-refractivity contribution >= 4 is 38.1 Å². The second-order valence-electron chi connectivity index (χ2n) is 5.26. The molecule has 2 aromatic rings. The minimum absolute atomic E-state index is 1.17. The molecule has 2 aromatic carbocycles. The van der Waals surface area contributed by atoms with Crippen LogP contribution in [0.5, 0.6) is 0 Å². The standard InChI is InChI=1S/C9H12N.C6H5.CH3.BrH.Sn/c1-8-6-4-5-7-9(8)10(2)3;1-2-4-6-5-3-1;;;/h4-7H,1H2,2-3H3;1-5H;1H3;1H;/q;;;;+1/p-1. The molecule has 0 N–H and O–H groups in total. The number of benzene rings is 2. The summed E-state index contributed by atoms with van der Waals surface area (Å²) in [5.74, 6) is 0. The number of hydrogen-bond acceptors (Lipinski definition) is 1. The third-order valence-corrected chi connectivity index (χ3v) is 15.7. The zero-order valence-corrected chi connectivity index (χ0v) is 16.2. The van der Waals surface area contributed by atoms with Crippen molar-refractivity contribution in [3.8, 4) is 0 Å². The van der Waals surface area contributed by atoms with Crippen molar-refractivity contribution in [2.75, 3.05) is 19.0 Å². The van der Waals surface area contributed by atoms with Gasteiger partial charge in [0.1, 0.15) is 0 Å². The molecule has 100 valence electrons. The van der Waals surface area contributed by atoms with E-state index in [0.29, 0.717) is 0 Å². The Morgan fingerprint density at radius 3 is 2.16 bits per heavy atom. The predicted octanol–water partition coefficient (Wildman–Crippen LogP) is 3.71. The number of nitrogens with zero attached hydrogens (tertiary/aromatic N) is 1. The van der Waals surface area contributed by atoms with Gasteiger partial charge in [-0.05, 0) is 0 Å². The quantitative estimate of drug-likeness (QED) is 0.676. The zero-order chi connectivity index (χ0) is 13.9. The summed E-state index contributed by atoms with van der Waals surface area (Å²) in [5, 5.41) is 0. The van der Waals surface area contributed by atoms with Crippen LogP contribution in [0.1, 0.15) is 5.56 Å². The minimum atomic E-state index is -2.42. The summed E-state index contributed by atoms with van der Waals surface area (Å²) >= 11 is 1.69. The van der Waals surface area contributed by atoms with Gasteiger partial charge in [0.05, 0.1) is 0 Å². The van der Waals surface area contributed by atoms with Crippen LogP contribution >= 0.6 is 12.7 Å². The van der Waals surface area contributed by atoms with Crippen LogP contribution in [0.25, 0.3) is 0 Å². The van der Waals surface area contributed by atoms with E-state index >= 15 is 0 Å². The molecule has 1 nitrogen and oxygen atoms in total. The van der Waals surface area contributed by atoms with Crippen molar-refractivity contribution in [1.29, 1.82) is 0 Å². The van der Waals surface area contributed by atoms with Gasteiger partial charge in [0.15, 0.2) is 0 Å². The molecule has 0 fully saturated rings. The Hall–Kier alpha value is -0.481. The molecule has 19 heavy (non-hydrogen) atoms. The fraction of sp³-hybridized carbons (Fsp3) is 0.250. The SMILES string of the molecule is CN(C)c1ccccc1[CH2][Sn]([CH3])([Br])[c]1ccccc1. The predicted molar refractivity (Wildman–Crippen MR) is 91.1 cm³/mol. The van der Waals surface area contributed by atoms with E-state index in [4.69, 9.17) is 0 Å². The van der Waals surface area contributed by atoms with Crippen molar-refractivity contribution in [1.82, 2.24) is 0 Å². The first-order chi connectivity index (χ1) is 9.00. The molecule has 0 bridgehead atoms. The van der Waals surface area contributed by atoms with E-state index < -0.39 is 16.2 Å². The molecule has 0 aliphatic rings. The van der Waals surface area contributed by atoms with Gasteiger partial charge in [0.25, 0.3) is 0 Å². The third-order valence-electron chi connectivity index (χ3n) is 3.37. The van der Waals surface area contributed by atoms with Gasteiger partial charge < -0.3 is 0 Å². The summed E-state index contributed by atoms with van der Waals surface area (Å²) in [5.41, 5.74) is 2.78. The zero-order valence-electron chi connectivity index (χ0n) is 11.7. The van der Waals surface area contributed by atoms with Crippen molar-refractivity contribution in [3.63, 3.8) is 0 Å². The van der Waals surface area contributed by atoms with Crippen LogP contribution in [0, 0.1) is 0 Å². The van der Waals surface area contributed by atoms with E-state index in [2.05, 4.69) is 91.2 Å². The van der Waals surface area contributed by atoms with E-state index in [9.17, 15) is 0 Å². The van der Waals surface area contributed by atoms with Crippen molar-refractivity contribution < 1.29 is 0 Å². The molecule has 1 atom stereocenters. The van der Waals surface area contributed by atoms with Crippen molar-refractivity contribution in [2.45, 2.75) is 9.38 Å². The van der Waals surface area contributed by atoms with E-state index in [-0.39, 0.29) is 0 Å². The molecule has 1 unspecified atom stereocenters. The summed E-state index contributed by atoms with van der Waals surface area (Å²) in [6.45, 7) is 0. The second-order valence-corrected chi connectivity index (χ2v) is 26.5. The molecule has 0 radical (unpaired) electrons. The van der Waals surface area contributed by atoms with Crippen LogP contribution in [-0.4, -0.2) is 30.3 Å². The van der Waals surface area contributed by atoms with Crippen molar-refractivity contribution in [2.24, 2.45) is 0 Å². The summed E-state index contributed by atoms with van der Waals surface area (Å²) in [7, 11) is 4.23. The maximum atomic E-state index is 4.10. The summed E-state index contributed by atoms with van der Waals surface area (Å²) < 4.78 is 2.69. The molecule has 0 heterocycles. The summed E-state index contributed by atoms with van der Waals surface area (Å²) in [6, 6.07) is 19.6. The van der Waals surface area contributed by atoms with Crippen LogP contribution in [0.4, 0.5) is 5.69 Å². The summed E-state index contributed by atoms with van der Waals surface area (Å²) in [6.07, 6.45) is 0. The number of anilines is 1. The van der Waals surface area contributed by atoms with E-state index in [1.54, 1.807) is 0 Å². The van der Waals surface area contributed by atoms with Crippen LogP contribution in [0.3, 0.4) is 0 Å². The Morgan fingerprint density at radius 2 is 1.53 bits per heavy atom. The first-order valence-corrected chi connectivity index (χ1v) is 19.2. The third kappa shape index (κ3) is 3.76. The van der Waals surface area contributed by atoms with E-state index in [1.807, 2.05) is 0 Å². The molecular weight excluding hydrogens is 405 g/mol. The topological polar surface area (TPSA) is 3.24 Å². The van der Waals surface area contributed by atoms with Gasteiger partial charge in [0.2, 0.25) is 0 Å². The van der Waals surface area contributed by atoms with Crippen LogP contribution < -0.4 is 8.48 Å². The van der Waals surface area contributed by atoms with Crippen LogP contribution in [0.2, 0.25) is 4.94 Å². The molecule has 0 saturated heterocycles. The summed E-state index contributed by atoms with van der Waals surface area (Å²) in [4.78, 5) is 4.64. The van der Waals surface area contributed by atoms with E-state index in [0.717, 1.165) is 0 Å². The Labute approximate surface area is 126 Å². The number of hydrogen-bond donors (Lipinski definition) is 0. The average Bonchev–Trinajstić information content (AvgIpc) is 2.39. The van der Waals surface area contributed by atoms with Gasteiger partial charge >= 0.3 is 127 Å². The van der Waals surface area contributed by atoms with Crippen LogP contribution in [-0.2, 0) is 4.44 Å². The number of rotatable bonds is 4. The molecule has 0 spiro atoms. The van der Waals surface area contributed by atoms with Gasteiger partial charge in [-0.1, -0.05) is 0 Å². The molecule has 2 rings (SSSR count). The number of para-hydroxylation sites is 1. The Bertz CT molecular complexity index is 537. The second kappa shape index (κ2) is 6.31. The number of halogens is 1. The molecular formula is C16H20BrNSn. The molecule has 0 aliphatic heterocycles. The first kappa shape index (κ1) is 14.9. The molecule has 0 aromatic heterocycles. The average molecular weight is 425 g/mol. The van der Waals surface area contributed by atoms with Gasteiger partial charge in [-0.2, -0.15) is 0 Å². The Balaban J connectivity index is 2.31. The fourth-order valence-electron chi connectivity index (χ4n) is 2.34. The molecule has 0 amide bonds. The Morgan fingerprint density at radius 1 is 0.947 bits per heavy atom. The van der Waals surface area contributed by atoms with Gasteiger partial charge in [0, 0.05) is 0 Å². The van der Waals surface area contributed by atoms with Gasteiger partial charge in [-0.25, -0.2) is 0 Å². The molecule has 3 heteroatoms. The normalized spacial score (nSPS) is 13.9. The monoisotopic (exact) mass is 425 g/mol. The van der Waals surface area contributed by atoms with Crippen molar-refractivity contribution in [3.05, 3.63) is 60.2 Å². The fourth-order valence-corrected chi connectivity index (χ4v) is 12.2. The van der Waals surface area contributed by atoms with E-state index in [1.165, 1.54) is 19.3 Å². The van der Waals surface area contributed by atoms with Gasteiger partial charge in [-0.15, -0.1) is 0 Å². The molecule has 0 saturated carbocycles. The Kier molecular flexibility index (Phi) is 4.96. The molecule has 0 aliphatic carbocycles. The van der Waals surface area contributed by atoms with Crippen LogP contribution in [0.15, 0.2) is 54.6 Å². The first-order valence-electron chi connectivity index (χ1n) is 6.50.